The fourth-order valence-electron chi connectivity index (χ4n) is 3.78. The average Bonchev–Trinajstić information content (AvgIpc) is 2.91. The zero-order chi connectivity index (χ0) is 26.5. The number of amides is 1. The fraction of sp³-hybridized carbons (Fsp3) is 0.179. The van der Waals surface area contributed by atoms with Gasteiger partial charge in [0.2, 0.25) is 5.75 Å². The van der Waals surface area contributed by atoms with Crippen LogP contribution in [0.3, 0.4) is 0 Å². The monoisotopic (exact) mass is 503 g/mol. The molecule has 37 heavy (non-hydrogen) atoms. The van der Waals surface area contributed by atoms with Crippen molar-refractivity contribution in [2.24, 2.45) is 0 Å². The first-order chi connectivity index (χ1) is 17.8. The smallest absolute Gasteiger partial charge is 0.349 e. The molecule has 1 aromatic heterocycles. The van der Waals surface area contributed by atoms with Gasteiger partial charge in [-0.15, -0.1) is 0 Å². The molecule has 1 unspecified atom stereocenters. The first-order valence-corrected chi connectivity index (χ1v) is 11.3. The Labute approximate surface area is 212 Å². The van der Waals surface area contributed by atoms with Gasteiger partial charge in [0.05, 0.1) is 32.9 Å². The molecule has 190 valence electrons. The van der Waals surface area contributed by atoms with E-state index < -0.39 is 17.5 Å². The standard InChI is InChI=1S/C28H25NO8/c1-16(17-8-6-5-7-9-17)29-26(30)21-12-18-10-11-20(15-22(18)37-28(21)32)36-27(31)19-13-23(33-2)25(35-4)24(14-19)34-3/h5-16H,1-4H3,(H,29,30). The van der Waals surface area contributed by atoms with E-state index in [2.05, 4.69) is 5.32 Å². The number of methoxy groups -OCH3 is 3. The Morgan fingerprint density at radius 1 is 0.865 bits per heavy atom. The van der Waals surface area contributed by atoms with Crippen molar-refractivity contribution < 1.29 is 33.0 Å². The van der Waals surface area contributed by atoms with E-state index in [9.17, 15) is 14.4 Å². The summed E-state index contributed by atoms with van der Waals surface area (Å²) in [5.74, 6) is -0.163. The van der Waals surface area contributed by atoms with Gasteiger partial charge >= 0.3 is 11.6 Å². The van der Waals surface area contributed by atoms with Gasteiger partial charge in [-0.3, -0.25) is 4.79 Å². The predicted octanol–water partition coefficient (Wildman–Crippen LogP) is 4.53. The molecule has 3 aromatic carbocycles. The van der Waals surface area contributed by atoms with Crippen LogP contribution in [0.2, 0.25) is 0 Å². The van der Waals surface area contributed by atoms with Gasteiger partial charge in [-0.05, 0) is 42.8 Å². The summed E-state index contributed by atoms with van der Waals surface area (Å²) in [5.41, 5.74) is 0.291. The quantitative estimate of drug-likeness (QED) is 0.212. The van der Waals surface area contributed by atoms with Crippen molar-refractivity contribution >= 4 is 22.8 Å². The number of nitrogens with one attached hydrogen (secondary N) is 1. The zero-order valence-electron chi connectivity index (χ0n) is 20.7. The Balaban J connectivity index is 1.56. The molecule has 0 aliphatic heterocycles. The van der Waals surface area contributed by atoms with Crippen LogP contribution in [0.4, 0.5) is 0 Å². The second kappa shape index (κ2) is 10.9. The Bertz CT molecular complexity index is 1490. The zero-order valence-corrected chi connectivity index (χ0v) is 20.7. The molecular weight excluding hydrogens is 478 g/mol. The molecule has 0 saturated carbocycles. The van der Waals surface area contributed by atoms with E-state index in [1.165, 1.54) is 51.7 Å². The molecule has 9 nitrogen and oxygen atoms in total. The van der Waals surface area contributed by atoms with Gasteiger partial charge in [-0.25, -0.2) is 9.59 Å². The highest BCUT2D eigenvalue weighted by atomic mass is 16.5. The van der Waals surface area contributed by atoms with Crippen LogP contribution in [-0.4, -0.2) is 33.2 Å². The Morgan fingerprint density at radius 2 is 1.54 bits per heavy atom. The lowest BCUT2D eigenvalue weighted by molar-refractivity contribution is 0.0733. The molecule has 9 heteroatoms. The van der Waals surface area contributed by atoms with Crippen LogP contribution in [0, 0.1) is 0 Å². The third kappa shape index (κ3) is 5.40. The van der Waals surface area contributed by atoms with E-state index in [1.54, 1.807) is 6.07 Å². The van der Waals surface area contributed by atoms with Crippen LogP contribution in [0.15, 0.2) is 75.9 Å². The molecular formula is C28H25NO8. The van der Waals surface area contributed by atoms with Crippen LogP contribution >= 0.6 is 0 Å². The maximum atomic E-state index is 12.8. The lowest BCUT2D eigenvalue weighted by Gasteiger charge is -2.14. The minimum absolute atomic E-state index is 0.127. The first kappa shape index (κ1) is 25.3. The van der Waals surface area contributed by atoms with E-state index in [1.807, 2.05) is 37.3 Å². The third-order valence-corrected chi connectivity index (χ3v) is 5.71. The molecule has 4 aromatic rings. The number of carbonyl (C=O) groups excluding carboxylic acids is 2. The normalized spacial score (nSPS) is 11.5. The second-order valence-electron chi connectivity index (χ2n) is 8.06. The molecule has 0 radical (unpaired) electrons. The van der Waals surface area contributed by atoms with Crippen molar-refractivity contribution in [3.8, 4) is 23.0 Å². The fourth-order valence-corrected chi connectivity index (χ4v) is 3.78. The summed E-state index contributed by atoms with van der Waals surface area (Å²) in [7, 11) is 4.34. The molecule has 0 fully saturated rings. The number of ether oxygens (including phenoxy) is 4. The number of fused-ring (bicyclic) bond motifs is 1. The van der Waals surface area contributed by atoms with Crippen molar-refractivity contribution in [3.05, 3.63) is 93.8 Å². The van der Waals surface area contributed by atoms with Crippen molar-refractivity contribution in [1.29, 1.82) is 0 Å². The molecule has 0 saturated heterocycles. The van der Waals surface area contributed by atoms with Gasteiger partial charge in [0.1, 0.15) is 16.9 Å². The summed E-state index contributed by atoms with van der Waals surface area (Å²) in [6, 6.07) is 18.0. The maximum absolute atomic E-state index is 12.8. The minimum atomic E-state index is -0.807. The number of esters is 1. The predicted molar refractivity (Wildman–Crippen MR) is 136 cm³/mol. The molecule has 0 aliphatic carbocycles. The van der Waals surface area contributed by atoms with Gasteiger partial charge in [0.25, 0.3) is 5.91 Å². The van der Waals surface area contributed by atoms with Gasteiger partial charge in [0.15, 0.2) is 11.5 Å². The molecule has 1 amide bonds. The van der Waals surface area contributed by atoms with Crippen LogP contribution in [-0.2, 0) is 0 Å². The van der Waals surface area contributed by atoms with E-state index in [0.29, 0.717) is 22.6 Å². The van der Waals surface area contributed by atoms with E-state index in [-0.39, 0.29) is 28.5 Å². The summed E-state index contributed by atoms with van der Waals surface area (Å²) < 4.78 is 26.7. The Morgan fingerprint density at radius 3 is 2.16 bits per heavy atom. The van der Waals surface area contributed by atoms with Crippen LogP contribution in [0.5, 0.6) is 23.0 Å². The first-order valence-electron chi connectivity index (χ1n) is 11.3. The number of hydrogen-bond acceptors (Lipinski definition) is 8. The SMILES string of the molecule is COc1cc(C(=O)Oc2ccc3cc(C(=O)NC(C)c4ccccc4)c(=O)oc3c2)cc(OC)c1OC. The van der Waals surface area contributed by atoms with Gasteiger partial charge in [-0.1, -0.05) is 30.3 Å². The van der Waals surface area contributed by atoms with Crippen molar-refractivity contribution in [2.75, 3.05) is 21.3 Å². The lowest BCUT2D eigenvalue weighted by Crippen LogP contribution is -2.30. The van der Waals surface area contributed by atoms with Crippen molar-refractivity contribution in [2.45, 2.75) is 13.0 Å². The van der Waals surface area contributed by atoms with E-state index in [4.69, 9.17) is 23.4 Å². The molecule has 0 spiro atoms. The Kier molecular flexibility index (Phi) is 7.43. The third-order valence-electron chi connectivity index (χ3n) is 5.71. The molecule has 4 rings (SSSR count). The molecule has 1 N–H and O–H groups in total. The van der Waals surface area contributed by atoms with E-state index >= 15 is 0 Å². The van der Waals surface area contributed by atoms with E-state index in [0.717, 1.165) is 5.56 Å². The topological polar surface area (TPSA) is 113 Å². The lowest BCUT2D eigenvalue weighted by atomic mass is 10.1. The van der Waals surface area contributed by atoms with Crippen LogP contribution in [0.25, 0.3) is 11.0 Å². The highest BCUT2D eigenvalue weighted by Crippen LogP contribution is 2.38. The highest BCUT2D eigenvalue weighted by molar-refractivity contribution is 5.97. The number of carbonyl (C=O) groups is 2. The Hall–Kier alpha value is -4.79. The van der Waals surface area contributed by atoms with Gasteiger partial charge in [-0.2, -0.15) is 0 Å². The summed E-state index contributed by atoms with van der Waals surface area (Å²) in [5, 5.41) is 3.29. The van der Waals surface area contributed by atoms with Crippen molar-refractivity contribution in [3.63, 3.8) is 0 Å². The highest BCUT2D eigenvalue weighted by Gasteiger charge is 2.20. The number of benzene rings is 3. The number of hydrogen-bond donors (Lipinski definition) is 1. The molecule has 1 atom stereocenters. The number of rotatable bonds is 8. The average molecular weight is 504 g/mol. The summed E-state index contributed by atoms with van der Waals surface area (Å²) in [6.07, 6.45) is 0. The molecule has 0 aliphatic rings. The largest absolute Gasteiger partial charge is 0.493 e. The summed E-state index contributed by atoms with van der Waals surface area (Å²) >= 11 is 0. The minimum Gasteiger partial charge on any atom is -0.493 e. The summed E-state index contributed by atoms with van der Waals surface area (Å²) in [6.45, 7) is 1.82. The van der Waals surface area contributed by atoms with Crippen LogP contribution < -0.4 is 29.9 Å². The van der Waals surface area contributed by atoms with Gasteiger partial charge < -0.3 is 28.7 Å². The van der Waals surface area contributed by atoms with Crippen molar-refractivity contribution in [1.82, 2.24) is 5.32 Å². The summed E-state index contributed by atoms with van der Waals surface area (Å²) in [4.78, 5) is 38.1. The van der Waals surface area contributed by atoms with Gasteiger partial charge in [0, 0.05) is 11.5 Å². The maximum Gasteiger partial charge on any atom is 0.349 e. The molecule has 0 bridgehead atoms. The second-order valence-corrected chi connectivity index (χ2v) is 8.06. The molecule has 1 heterocycles. The van der Waals surface area contributed by atoms with Crippen LogP contribution in [0.1, 0.15) is 39.2 Å².